The first-order chi connectivity index (χ1) is 24.9. The number of hydrogen-bond acceptors (Lipinski definition) is 9. The molecule has 10 atom stereocenters. The Bertz CT molecular complexity index is 1150. The van der Waals surface area contributed by atoms with E-state index in [9.17, 15) is 29.1 Å². The van der Waals surface area contributed by atoms with Gasteiger partial charge in [0.2, 0.25) is 11.8 Å². The van der Waals surface area contributed by atoms with Crippen LogP contribution >= 0.6 is 61.2 Å². The molecule has 308 valence electrons. The van der Waals surface area contributed by atoms with Crippen molar-refractivity contribution in [1.82, 2.24) is 20.4 Å². The predicted octanol–water partition coefficient (Wildman–Crippen LogP) is 7.21. The fraction of sp³-hybridized carbons (Fsp3) is 0.868. The largest absolute Gasteiger partial charge is 0.480 e. The number of fused-ring (bicyclic) bond motifs is 2. The molecule has 0 aromatic rings. The van der Waals surface area contributed by atoms with Crippen LogP contribution in [0.5, 0.6) is 0 Å². The highest BCUT2D eigenvalue weighted by atomic mass is 128. The Labute approximate surface area is 358 Å². The van der Waals surface area contributed by atoms with Crippen molar-refractivity contribution in [1.29, 1.82) is 0 Å². The average Bonchev–Trinajstić information content (AvgIpc) is 3.69. The molecule has 0 spiro atoms. The third-order valence-corrected chi connectivity index (χ3v) is 11.2. The number of hydrogen-bond donors (Lipinski definition) is 3. The first-order valence-corrected chi connectivity index (χ1v) is 26.0. The van der Waals surface area contributed by atoms with Crippen LogP contribution in [0.2, 0.25) is 0 Å². The molecule has 12 nitrogen and oxygen atoms in total. The van der Waals surface area contributed by atoms with E-state index in [-0.39, 0.29) is 65.7 Å². The number of nitrogens with zero attached hydrogens (tertiary/aromatic N) is 2. The van der Waals surface area contributed by atoms with Crippen molar-refractivity contribution >= 4 is 90.9 Å². The first kappa shape index (κ1) is 50.5. The Hall–Kier alpha value is -0.540. The van der Waals surface area contributed by atoms with E-state index in [1.165, 1.54) is 19.3 Å². The van der Waals surface area contributed by atoms with E-state index >= 15 is 0 Å². The summed E-state index contributed by atoms with van der Waals surface area (Å²) in [4.78, 5) is 65.7. The van der Waals surface area contributed by atoms with E-state index in [2.05, 4.69) is 59.7 Å². The number of likely N-dealkylation sites (tertiary alicyclic amines) is 2. The number of ether oxygens (including phenoxy) is 2. The number of aliphatic carboxylic acids is 1. The molecule has 0 bridgehead atoms. The van der Waals surface area contributed by atoms with Crippen LogP contribution in [0.25, 0.3) is 0 Å². The van der Waals surface area contributed by atoms with Crippen molar-refractivity contribution in [2.45, 2.75) is 187 Å². The molecule has 53 heavy (non-hydrogen) atoms. The van der Waals surface area contributed by atoms with Gasteiger partial charge < -0.3 is 24.4 Å². The second-order valence-corrected chi connectivity index (χ2v) is 14.9. The van der Waals surface area contributed by atoms with Crippen molar-refractivity contribution in [3.05, 3.63) is 0 Å². The Morgan fingerprint density at radius 2 is 1.09 bits per heavy atom. The molecular formula is C38H67I3N4O8. The molecule has 2 saturated heterocycles. The summed E-state index contributed by atoms with van der Waals surface area (Å²) in [6.45, 7) is 14.0. The van der Waals surface area contributed by atoms with E-state index in [4.69, 9.17) is 9.47 Å². The van der Waals surface area contributed by atoms with Crippen LogP contribution in [-0.2, 0) is 33.4 Å². The minimum atomic E-state index is -0.935. The number of carbonyl (C=O) groups excluding carboxylic acids is 4. The average molecular weight is 1090 g/mol. The molecule has 4 fully saturated rings. The van der Waals surface area contributed by atoms with Gasteiger partial charge in [-0.2, -0.15) is 0 Å². The Kier molecular flexibility index (Phi) is 25.1. The van der Waals surface area contributed by atoms with Crippen LogP contribution in [0.15, 0.2) is 0 Å². The summed E-state index contributed by atoms with van der Waals surface area (Å²) in [5, 5.41) is 15.9. The van der Waals surface area contributed by atoms with Gasteiger partial charge in [0.25, 0.3) is 0 Å². The summed E-state index contributed by atoms with van der Waals surface area (Å²) < 4.78 is 10.2. The lowest BCUT2D eigenvalue weighted by atomic mass is 9.84. The molecule has 0 radical (unpaired) electrons. The molecule has 2 heterocycles. The standard InChI is InChI=1S/C19H32N2O5.C19H34N2O3.I2.HI/c1-4-8-14(19(25)26-5-2)20-12(3)17(22)21-15-10-7-6-9-13(15)11-16(21)18(23)24;1-5-9-16(19(23)24-6-2)20-14(4)18(22)21-13(3)12-15-10-7-8-11-17(15)21;1-2;/h12-16,20H,4-11H2,1-3H3,(H,23,24);13-17,20H,5-12H2,1-4H3;;1H/t12-,13+,14-,15+,16+;13-,14-,15+,16-,17+;;/m11../s1. The van der Waals surface area contributed by atoms with Gasteiger partial charge in [0.15, 0.2) is 0 Å². The van der Waals surface area contributed by atoms with Gasteiger partial charge in [-0.25, -0.2) is 4.79 Å². The second kappa shape index (κ2) is 26.4. The minimum Gasteiger partial charge on any atom is -0.480 e. The molecule has 4 rings (SSSR count). The number of nitrogens with one attached hydrogen (secondary N) is 2. The maximum Gasteiger partial charge on any atom is 0.326 e. The van der Waals surface area contributed by atoms with Crippen LogP contribution in [-0.4, -0.2) is 106 Å². The van der Waals surface area contributed by atoms with Gasteiger partial charge >= 0.3 is 17.9 Å². The lowest BCUT2D eigenvalue weighted by Crippen LogP contribution is -2.55. The fourth-order valence-electron chi connectivity index (χ4n) is 8.88. The third kappa shape index (κ3) is 14.4. The Morgan fingerprint density at radius 1 is 0.698 bits per heavy atom. The lowest BCUT2D eigenvalue weighted by molar-refractivity contribution is -0.152. The van der Waals surface area contributed by atoms with Crippen molar-refractivity contribution < 1.29 is 38.6 Å². The van der Waals surface area contributed by atoms with E-state index in [0.29, 0.717) is 50.5 Å². The zero-order valence-electron chi connectivity index (χ0n) is 33.0. The highest BCUT2D eigenvalue weighted by molar-refractivity contribution is 15.0. The van der Waals surface area contributed by atoms with Gasteiger partial charge in [-0.3, -0.25) is 29.8 Å². The smallest absolute Gasteiger partial charge is 0.326 e. The van der Waals surface area contributed by atoms with Crippen LogP contribution in [0, 0.1) is 11.8 Å². The van der Waals surface area contributed by atoms with Crippen molar-refractivity contribution in [3.63, 3.8) is 0 Å². The maximum absolute atomic E-state index is 13.1. The lowest BCUT2D eigenvalue weighted by Gasteiger charge is -2.35. The Morgan fingerprint density at radius 3 is 1.51 bits per heavy atom. The number of rotatable bonds is 15. The molecule has 0 aromatic heterocycles. The van der Waals surface area contributed by atoms with Crippen LogP contribution in [0.3, 0.4) is 0 Å². The molecule has 0 aromatic carbocycles. The number of carboxylic acid groups (broad SMARTS) is 1. The monoisotopic (exact) mass is 1090 g/mol. The van der Waals surface area contributed by atoms with E-state index in [0.717, 1.165) is 51.4 Å². The molecular weight excluding hydrogens is 1020 g/mol. The highest BCUT2D eigenvalue weighted by Gasteiger charge is 2.49. The predicted molar refractivity (Wildman–Crippen MR) is 235 cm³/mol. The van der Waals surface area contributed by atoms with Crippen LogP contribution in [0.4, 0.5) is 0 Å². The SMILES string of the molecule is CCC[C@@H](N[C@H](C)C(=O)N1[C@H](C(=O)O)C[C@@H]2CCCC[C@@H]21)C(=O)OCC.CCC[C@@H](N[C@H](C)C(=O)N1[C@H](C)C[C@@H]2CCCC[C@@H]21)C(=O)OCC.I.II. The third-order valence-electron chi connectivity index (χ3n) is 11.2. The first-order valence-electron chi connectivity index (χ1n) is 19.8. The molecule has 4 aliphatic rings. The molecule has 0 unspecified atom stereocenters. The normalized spacial score (nSPS) is 26.7. The highest BCUT2D eigenvalue weighted by Crippen LogP contribution is 2.41. The number of halogens is 3. The molecule has 2 aliphatic carbocycles. The molecule has 2 aliphatic heterocycles. The van der Waals surface area contributed by atoms with Crippen molar-refractivity contribution in [2.24, 2.45) is 11.8 Å². The van der Waals surface area contributed by atoms with Crippen molar-refractivity contribution in [2.75, 3.05) is 13.2 Å². The second-order valence-electron chi connectivity index (χ2n) is 14.9. The Balaban J connectivity index is 0.000000499. The number of carboxylic acids is 1. The minimum absolute atomic E-state index is 0. The van der Waals surface area contributed by atoms with Gasteiger partial charge in [0.05, 0.1) is 25.3 Å². The fourth-order valence-corrected chi connectivity index (χ4v) is 8.88. The van der Waals surface area contributed by atoms with Gasteiger partial charge in [-0.15, -0.1) is 24.0 Å². The zero-order chi connectivity index (χ0) is 39.0. The summed E-state index contributed by atoms with van der Waals surface area (Å²) >= 11 is 4.24. The van der Waals surface area contributed by atoms with Crippen LogP contribution < -0.4 is 10.6 Å². The summed E-state index contributed by atoms with van der Waals surface area (Å²) in [5.74, 6) is -0.682. The molecule has 2 saturated carbocycles. The summed E-state index contributed by atoms with van der Waals surface area (Å²) in [6.07, 6.45) is 13.5. The van der Waals surface area contributed by atoms with E-state index < -0.39 is 30.1 Å². The van der Waals surface area contributed by atoms with Crippen molar-refractivity contribution in [3.8, 4) is 0 Å². The number of esters is 2. The van der Waals surface area contributed by atoms with Gasteiger partial charge in [0.1, 0.15) is 18.1 Å². The molecule has 3 N–H and O–H groups in total. The van der Waals surface area contributed by atoms with E-state index in [1.54, 1.807) is 18.7 Å². The molecule has 2 amide bonds. The quantitative estimate of drug-likeness (QED) is 0.113. The summed E-state index contributed by atoms with van der Waals surface area (Å²) in [6, 6.07) is -1.96. The molecule has 15 heteroatoms. The summed E-state index contributed by atoms with van der Waals surface area (Å²) in [7, 11) is 0. The zero-order valence-corrected chi connectivity index (χ0v) is 39.6. The number of amides is 2. The topological polar surface area (TPSA) is 155 Å². The van der Waals surface area contributed by atoms with Crippen LogP contribution in [0.1, 0.15) is 138 Å². The van der Waals surface area contributed by atoms with Gasteiger partial charge in [0, 0.05) is 55.4 Å². The maximum atomic E-state index is 13.1. The van der Waals surface area contributed by atoms with E-state index in [1.807, 2.05) is 27.7 Å². The number of carbonyl (C=O) groups is 5. The van der Waals surface area contributed by atoms with Gasteiger partial charge in [-0.05, 0) is 97.8 Å². The summed E-state index contributed by atoms with van der Waals surface area (Å²) in [5.41, 5.74) is 0. The van der Waals surface area contributed by atoms with Gasteiger partial charge in [-0.1, -0.05) is 52.4 Å².